The predicted molar refractivity (Wildman–Crippen MR) is 115 cm³/mol. The molecule has 1 N–H and O–H groups in total. The zero-order valence-electron chi connectivity index (χ0n) is 17.9. The number of alkyl carbamates (subject to hydrolysis) is 1. The molecule has 0 rings (SSSR count). The summed E-state index contributed by atoms with van der Waals surface area (Å²) in [5.41, 5.74) is 0. The normalized spacial score (nSPS) is 11.5. The van der Waals surface area contributed by atoms with Gasteiger partial charge in [-0.05, 0) is 19.3 Å². The number of ether oxygens (including phenoxy) is 2. The molecular weight excluding hydrogens is 354 g/mol. The fourth-order valence-electron chi connectivity index (χ4n) is 2.84. The van der Waals surface area contributed by atoms with Gasteiger partial charge in [-0.2, -0.15) is 0 Å². The van der Waals surface area contributed by atoms with Crippen LogP contribution in [-0.4, -0.2) is 31.3 Å². The molecule has 5 heteroatoms. The molecule has 1 atom stereocenters. The number of carbonyl (C=O) groups is 2. The zero-order chi connectivity index (χ0) is 20.9. The third-order valence-electron chi connectivity index (χ3n) is 4.53. The lowest BCUT2D eigenvalue weighted by Gasteiger charge is -2.16. The van der Waals surface area contributed by atoms with Gasteiger partial charge in [0.15, 0.2) is 0 Å². The van der Waals surface area contributed by atoms with Crippen molar-refractivity contribution in [2.75, 3.05) is 13.2 Å². The number of esters is 1. The monoisotopic (exact) mass is 395 g/mol. The summed E-state index contributed by atoms with van der Waals surface area (Å²) < 4.78 is 10.3. The van der Waals surface area contributed by atoms with Gasteiger partial charge < -0.3 is 14.8 Å². The van der Waals surface area contributed by atoms with E-state index in [0.717, 1.165) is 12.8 Å². The van der Waals surface area contributed by atoms with E-state index < -0.39 is 18.1 Å². The third-order valence-corrected chi connectivity index (χ3v) is 4.53. The SMILES string of the molecule is C=CCCOC(=O)NC(CC=C)C(=O)OCCCCCCCCCCCCC. The van der Waals surface area contributed by atoms with Gasteiger partial charge in [-0.1, -0.05) is 83.3 Å². The van der Waals surface area contributed by atoms with E-state index in [-0.39, 0.29) is 6.61 Å². The molecule has 0 aromatic rings. The second-order valence-corrected chi connectivity index (χ2v) is 7.14. The van der Waals surface area contributed by atoms with Crippen LogP contribution in [0.1, 0.15) is 90.4 Å². The molecular formula is C23H41NO4. The van der Waals surface area contributed by atoms with Crippen molar-refractivity contribution in [1.29, 1.82) is 0 Å². The molecule has 0 aromatic carbocycles. The fourth-order valence-corrected chi connectivity index (χ4v) is 2.84. The number of carbonyl (C=O) groups excluding carboxylic acids is 2. The highest BCUT2D eigenvalue weighted by Gasteiger charge is 2.21. The first-order chi connectivity index (χ1) is 13.7. The summed E-state index contributed by atoms with van der Waals surface area (Å²) >= 11 is 0. The van der Waals surface area contributed by atoms with E-state index in [0.29, 0.717) is 19.4 Å². The Morgan fingerprint density at radius 3 is 1.93 bits per heavy atom. The van der Waals surface area contributed by atoms with Crippen LogP contribution in [0.5, 0.6) is 0 Å². The molecule has 162 valence electrons. The quantitative estimate of drug-likeness (QED) is 0.163. The average molecular weight is 396 g/mol. The van der Waals surface area contributed by atoms with Crippen LogP contribution in [0.3, 0.4) is 0 Å². The van der Waals surface area contributed by atoms with Crippen LogP contribution >= 0.6 is 0 Å². The minimum Gasteiger partial charge on any atom is -0.464 e. The highest BCUT2D eigenvalue weighted by atomic mass is 16.6. The van der Waals surface area contributed by atoms with Crippen molar-refractivity contribution in [3.8, 4) is 0 Å². The fraction of sp³-hybridized carbons (Fsp3) is 0.739. The van der Waals surface area contributed by atoms with Crippen molar-refractivity contribution in [2.45, 2.75) is 96.4 Å². The van der Waals surface area contributed by atoms with E-state index in [9.17, 15) is 9.59 Å². The number of amides is 1. The summed E-state index contributed by atoms with van der Waals surface area (Å²) in [6.45, 7) is 10.0. The largest absolute Gasteiger partial charge is 0.464 e. The van der Waals surface area contributed by atoms with Crippen LogP contribution in [0.2, 0.25) is 0 Å². The Balaban J connectivity index is 3.73. The molecule has 28 heavy (non-hydrogen) atoms. The van der Waals surface area contributed by atoms with Crippen LogP contribution < -0.4 is 5.32 Å². The van der Waals surface area contributed by atoms with E-state index in [1.165, 1.54) is 57.8 Å². The lowest BCUT2D eigenvalue weighted by molar-refractivity contribution is -0.146. The van der Waals surface area contributed by atoms with E-state index in [1.54, 1.807) is 12.2 Å². The number of hydrogen-bond donors (Lipinski definition) is 1. The van der Waals surface area contributed by atoms with Gasteiger partial charge in [-0.15, -0.1) is 13.2 Å². The van der Waals surface area contributed by atoms with Crippen LogP contribution in [-0.2, 0) is 14.3 Å². The lowest BCUT2D eigenvalue weighted by Crippen LogP contribution is -2.42. The van der Waals surface area contributed by atoms with Crippen LogP contribution in [0, 0.1) is 0 Å². The van der Waals surface area contributed by atoms with E-state index >= 15 is 0 Å². The Morgan fingerprint density at radius 2 is 1.39 bits per heavy atom. The van der Waals surface area contributed by atoms with Gasteiger partial charge in [-0.25, -0.2) is 9.59 Å². The maximum Gasteiger partial charge on any atom is 0.407 e. The minimum atomic E-state index is -0.749. The van der Waals surface area contributed by atoms with Gasteiger partial charge in [0.05, 0.1) is 13.2 Å². The first-order valence-corrected chi connectivity index (χ1v) is 11.0. The minimum absolute atomic E-state index is 0.240. The van der Waals surface area contributed by atoms with Crippen LogP contribution in [0.15, 0.2) is 25.3 Å². The first kappa shape index (κ1) is 26.2. The molecule has 1 unspecified atom stereocenters. The van der Waals surface area contributed by atoms with Gasteiger partial charge in [0, 0.05) is 0 Å². The molecule has 5 nitrogen and oxygen atoms in total. The Kier molecular flexibility index (Phi) is 18.7. The van der Waals surface area contributed by atoms with Crippen LogP contribution in [0.4, 0.5) is 4.79 Å². The van der Waals surface area contributed by atoms with Crippen LogP contribution in [0.25, 0.3) is 0 Å². The zero-order valence-corrected chi connectivity index (χ0v) is 17.9. The molecule has 0 aliphatic heterocycles. The molecule has 0 heterocycles. The molecule has 0 radical (unpaired) electrons. The van der Waals surface area contributed by atoms with Gasteiger partial charge >= 0.3 is 12.1 Å². The number of unbranched alkanes of at least 4 members (excludes halogenated alkanes) is 10. The van der Waals surface area contributed by atoms with Crippen molar-refractivity contribution in [3.05, 3.63) is 25.3 Å². The van der Waals surface area contributed by atoms with Crippen molar-refractivity contribution in [1.82, 2.24) is 5.32 Å². The molecule has 0 aliphatic rings. The topological polar surface area (TPSA) is 64.6 Å². The standard InChI is InChI=1S/C23H41NO4/c1-4-7-9-10-11-12-13-14-15-16-17-20-27-22(25)21(18-6-3)24-23(26)28-19-8-5-2/h5-6,21H,2-4,7-20H2,1H3,(H,24,26). The summed E-state index contributed by atoms with van der Waals surface area (Å²) in [6, 6.07) is -0.749. The summed E-state index contributed by atoms with van der Waals surface area (Å²) in [7, 11) is 0. The molecule has 0 saturated heterocycles. The van der Waals surface area contributed by atoms with E-state index in [4.69, 9.17) is 9.47 Å². The van der Waals surface area contributed by atoms with Crippen molar-refractivity contribution >= 4 is 12.1 Å². The molecule has 0 saturated carbocycles. The third kappa shape index (κ3) is 16.4. The van der Waals surface area contributed by atoms with Gasteiger partial charge in [0.2, 0.25) is 0 Å². The van der Waals surface area contributed by atoms with E-state index in [1.807, 2.05) is 0 Å². The predicted octanol–water partition coefficient (Wildman–Crippen LogP) is 6.09. The average Bonchev–Trinajstić information content (AvgIpc) is 2.68. The molecule has 0 bridgehead atoms. The van der Waals surface area contributed by atoms with Gasteiger partial charge in [-0.3, -0.25) is 0 Å². The van der Waals surface area contributed by atoms with Gasteiger partial charge in [0.1, 0.15) is 6.04 Å². The van der Waals surface area contributed by atoms with Crippen molar-refractivity contribution in [2.24, 2.45) is 0 Å². The summed E-state index contributed by atoms with van der Waals surface area (Å²) in [4.78, 5) is 23.8. The number of rotatable bonds is 19. The van der Waals surface area contributed by atoms with Crippen molar-refractivity contribution < 1.29 is 19.1 Å². The first-order valence-electron chi connectivity index (χ1n) is 11.0. The Hall–Kier alpha value is -1.78. The highest BCUT2D eigenvalue weighted by molar-refractivity contribution is 5.81. The Labute approximate surface area is 171 Å². The van der Waals surface area contributed by atoms with Crippen molar-refractivity contribution in [3.63, 3.8) is 0 Å². The highest BCUT2D eigenvalue weighted by Crippen LogP contribution is 2.11. The van der Waals surface area contributed by atoms with Gasteiger partial charge in [0.25, 0.3) is 0 Å². The summed E-state index contributed by atoms with van der Waals surface area (Å²) in [5.74, 6) is -0.437. The molecule has 0 aromatic heterocycles. The Bertz CT molecular complexity index is 423. The van der Waals surface area contributed by atoms with E-state index in [2.05, 4.69) is 25.4 Å². The maximum atomic E-state index is 12.1. The smallest absolute Gasteiger partial charge is 0.407 e. The summed E-state index contributed by atoms with van der Waals surface area (Å²) in [5, 5.41) is 2.53. The number of nitrogens with one attached hydrogen (secondary N) is 1. The summed E-state index contributed by atoms with van der Waals surface area (Å²) in [6.07, 6.45) is 17.2. The number of hydrogen-bond acceptors (Lipinski definition) is 4. The second-order valence-electron chi connectivity index (χ2n) is 7.14. The maximum absolute atomic E-state index is 12.1. The molecule has 0 fully saturated rings. The molecule has 0 aliphatic carbocycles. The molecule has 0 spiro atoms. The Morgan fingerprint density at radius 1 is 0.821 bits per heavy atom. The second kappa shape index (κ2) is 20.0. The lowest BCUT2D eigenvalue weighted by atomic mass is 10.1. The molecule has 1 amide bonds.